The second kappa shape index (κ2) is 8.20. The van der Waals surface area contributed by atoms with Crippen molar-refractivity contribution in [3.63, 3.8) is 0 Å². The van der Waals surface area contributed by atoms with Crippen molar-refractivity contribution < 1.29 is 9.18 Å². The highest BCUT2D eigenvalue weighted by Gasteiger charge is 2.30. The van der Waals surface area contributed by atoms with Crippen molar-refractivity contribution in [3.8, 4) is 0 Å². The molecule has 4 heteroatoms. The molecule has 1 aliphatic carbocycles. The van der Waals surface area contributed by atoms with Crippen LogP contribution in [0, 0.1) is 11.7 Å². The molecular formula is C23H27FN2O. The van der Waals surface area contributed by atoms with Gasteiger partial charge in [-0.25, -0.2) is 4.39 Å². The Bertz CT molecular complexity index is 792. The third kappa shape index (κ3) is 4.20. The maximum atomic E-state index is 13.9. The number of halogens is 1. The lowest BCUT2D eigenvalue weighted by molar-refractivity contribution is -0.136. The average Bonchev–Trinajstić information content (AvgIpc) is 3.24. The minimum Gasteiger partial charge on any atom is -0.342 e. The van der Waals surface area contributed by atoms with Gasteiger partial charge in [0.2, 0.25) is 5.91 Å². The lowest BCUT2D eigenvalue weighted by Gasteiger charge is -2.33. The lowest BCUT2D eigenvalue weighted by atomic mass is 9.91. The van der Waals surface area contributed by atoms with Crippen LogP contribution in [0.4, 0.5) is 4.39 Å². The van der Waals surface area contributed by atoms with Gasteiger partial charge in [0.05, 0.1) is 0 Å². The van der Waals surface area contributed by atoms with E-state index in [4.69, 9.17) is 4.98 Å². The number of rotatable bonds is 4. The Labute approximate surface area is 160 Å². The number of hydrogen-bond acceptors (Lipinski definition) is 2. The van der Waals surface area contributed by atoms with Crippen LogP contribution >= 0.6 is 0 Å². The number of pyridine rings is 1. The first-order valence-electron chi connectivity index (χ1n) is 10.2. The van der Waals surface area contributed by atoms with E-state index >= 15 is 0 Å². The van der Waals surface area contributed by atoms with Crippen molar-refractivity contribution >= 4 is 5.91 Å². The van der Waals surface area contributed by atoms with Gasteiger partial charge in [-0.3, -0.25) is 9.78 Å². The second-order valence-electron chi connectivity index (χ2n) is 7.90. The van der Waals surface area contributed by atoms with Gasteiger partial charge in [0, 0.05) is 42.7 Å². The number of aromatic nitrogens is 1. The summed E-state index contributed by atoms with van der Waals surface area (Å²) in [5.74, 6) is 0.845. The van der Waals surface area contributed by atoms with Gasteiger partial charge < -0.3 is 4.90 Å². The first kappa shape index (κ1) is 18.1. The van der Waals surface area contributed by atoms with Gasteiger partial charge in [-0.05, 0) is 49.4 Å². The molecule has 4 rings (SSSR count). The predicted molar refractivity (Wildman–Crippen MR) is 104 cm³/mol. The molecule has 142 valence electrons. The Morgan fingerprint density at radius 2 is 1.74 bits per heavy atom. The molecule has 2 aromatic rings. The molecule has 1 saturated carbocycles. The first-order chi connectivity index (χ1) is 13.2. The van der Waals surface area contributed by atoms with Crippen LogP contribution in [0.25, 0.3) is 0 Å². The maximum Gasteiger partial charge on any atom is 0.225 e. The van der Waals surface area contributed by atoms with Gasteiger partial charge in [-0.15, -0.1) is 0 Å². The molecule has 1 aliphatic heterocycles. The van der Waals surface area contributed by atoms with Crippen LogP contribution in [0.3, 0.4) is 0 Å². The average molecular weight is 366 g/mol. The van der Waals surface area contributed by atoms with E-state index < -0.39 is 0 Å². The number of carbonyl (C=O) groups excluding carboxylic acids is 1. The topological polar surface area (TPSA) is 33.2 Å². The van der Waals surface area contributed by atoms with E-state index in [1.54, 1.807) is 6.07 Å². The fourth-order valence-electron chi connectivity index (χ4n) is 4.49. The molecule has 0 atom stereocenters. The second-order valence-corrected chi connectivity index (χ2v) is 7.90. The number of likely N-dealkylation sites (tertiary alicyclic amines) is 1. The molecule has 0 unspecified atom stereocenters. The smallest absolute Gasteiger partial charge is 0.225 e. The highest BCUT2D eigenvalue weighted by molar-refractivity contribution is 5.79. The summed E-state index contributed by atoms with van der Waals surface area (Å²) in [7, 11) is 0. The molecule has 2 heterocycles. The van der Waals surface area contributed by atoms with Crippen LogP contribution in [0.2, 0.25) is 0 Å². The van der Waals surface area contributed by atoms with Crippen molar-refractivity contribution in [1.29, 1.82) is 0 Å². The van der Waals surface area contributed by atoms with E-state index in [9.17, 15) is 9.18 Å². The zero-order valence-corrected chi connectivity index (χ0v) is 15.7. The van der Waals surface area contributed by atoms with E-state index in [0.29, 0.717) is 23.8 Å². The molecule has 2 fully saturated rings. The lowest BCUT2D eigenvalue weighted by Crippen LogP contribution is -2.40. The summed E-state index contributed by atoms with van der Waals surface area (Å²) in [6.07, 6.45) is 6.98. The van der Waals surface area contributed by atoms with Crippen LogP contribution < -0.4 is 0 Å². The van der Waals surface area contributed by atoms with Crippen LogP contribution in [0.15, 0.2) is 42.5 Å². The molecule has 1 aromatic carbocycles. The summed E-state index contributed by atoms with van der Waals surface area (Å²) in [6.45, 7) is 1.67. The minimum atomic E-state index is -0.177. The summed E-state index contributed by atoms with van der Waals surface area (Å²) in [4.78, 5) is 19.5. The SMILES string of the molecule is O=C(C1CCCC1)N1CCC(c2cccc(Cc3ccccc3F)n2)CC1. The fourth-order valence-corrected chi connectivity index (χ4v) is 4.49. The van der Waals surface area contributed by atoms with Gasteiger partial charge in [0.15, 0.2) is 0 Å². The highest BCUT2D eigenvalue weighted by Crippen LogP contribution is 2.31. The minimum absolute atomic E-state index is 0.177. The predicted octanol–water partition coefficient (Wildman–Crippen LogP) is 4.71. The van der Waals surface area contributed by atoms with Crippen LogP contribution in [0.5, 0.6) is 0 Å². The quantitative estimate of drug-likeness (QED) is 0.785. The molecule has 0 radical (unpaired) electrons. The monoisotopic (exact) mass is 366 g/mol. The van der Waals surface area contributed by atoms with Crippen molar-refractivity contribution in [2.75, 3.05) is 13.1 Å². The summed E-state index contributed by atoms with van der Waals surface area (Å²) in [5.41, 5.74) is 2.66. The van der Waals surface area contributed by atoms with Gasteiger partial charge in [-0.2, -0.15) is 0 Å². The van der Waals surface area contributed by atoms with Crippen LogP contribution in [-0.4, -0.2) is 28.9 Å². The maximum absolute atomic E-state index is 13.9. The number of piperidine rings is 1. The Balaban J connectivity index is 1.38. The molecule has 27 heavy (non-hydrogen) atoms. The van der Waals surface area contributed by atoms with E-state index in [-0.39, 0.29) is 11.7 Å². The molecular weight excluding hydrogens is 339 g/mol. The number of amides is 1. The van der Waals surface area contributed by atoms with Gasteiger partial charge >= 0.3 is 0 Å². The molecule has 1 amide bonds. The zero-order chi connectivity index (χ0) is 18.6. The van der Waals surface area contributed by atoms with E-state index in [1.165, 1.54) is 18.9 Å². The third-order valence-corrected chi connectivity index (χ3v) is 6.09. The Morgan fingerprint density at radius 3 is 2.48 bits per heavy atom. The van der Waals surface area contributed by atoms with Gasteiger partial charge in [0.25, 0.3) is 0 Å². The molecule has 0 bridgehead atoms. The molecule has 1 saturated heterocycles. The first-order valence-corrected chi connectivity index (χ1v) is 10.2. The largest absolute Gasteiger partial charge is 0.342 e. The standard InChI is InChI=1S/C23H27FN2O/c24-21-10-4-3-8-19(21)16-20-9-5-11-22(25-20)17-12-14-26(15-13-17)23(27)18-6-1-2-7-18/h3-5,8-11,17-18H,1-2,6-7,12-16H2. The summed E-state index contributed by atoms with van der Waals surface area (Å²) in [6, 6.07) is 12.9. The Hall–Kier alpha value is -2.23. The van der Waals surface area contributed by atoms with Crippen molar-refractivity contribution in [1.82, 2.24) is 9.88 Å². The third-order valence-electron chi connectivity index (χ3n) is 6.09. The van der Waals surface area contributed by atoms with E-state index in [1.807, 2.05) is 24.3 Å². The number of carbonyl (C=O) groups is 1. The Kier molecular flexibility index (Phi) is 5.51. The van der Waals surface area contributed by atoms with Gasteiger partial charge in [0.1, 0.15) is 5.82 Å². The molecule has 0 spiro atoms. The normalized spacial score (nSPS) is 18.8. The van der Waals surface area contributed by atoms with Crippen LogP contribution in [0.1, 0.15) is 61.4 Å². The van der Waals surface area contributed by atoms with Crippen molar-refractivity contribution in [3.05, 3.63) is 65.2 Å². The van der Waals surface area contributed by atoms with Gasteiger partial charge in [-0.1, -0.05) is 37.1 Å². The van der Waals surface area contributed by atoms with E-state index in [0.717, 1.165) is 50.2 Å². The highest BCUT2D eigenvalue weighted by atomic mass is 19.1. The summed E-state index contributed by atoms with van der Waals surface area (Å²) < 4.78 is 13.9. The summed E-state index contributed by atoms with van der Waals surface area (Å²) in [5, 5.41) is 0. The molecule has 3 nitrogen and oxygen atoms in total. The molecule has 2 aliphatic rings. The van der Waals surface area contributed by atoms with Crippen LogP contribution in [-0.2, 0) is 11.2 Å². The Morgan fingerprint density at radius 1 is 1.00 bits per heavy atom. The summed E-state index contributed by atoms with van der Waals surface area (Å²) >= 11 is 0. The van der Waals surface area contributed by atoms with Crippen molar-refractivity contribution in [2.24, 2.45) is 5.92 Å². The molecule has 0 N–H and O–H groups in total. The number of hydrogen-bond donors (Lipinski definition) is 0. The van der Waals surface area contributed by atoms with Crippen molar-refractivity contribution in [2.45, 2.75) is 50.9 Å². The zero-order valence-electron chi connectivity index (χ0n) is 15.7. The van der Waals surface area contributed by atoms with E-state index in [2.05, 4.69) is 11.0 Å². The number of benzene rings is 1. The fraction of sp³-hybridized carbons (Fsp3) is 0.478. The molecule has 1 aromatic heterocycles. The number of nitrogens with zero attached hydrogens (tertiary/aromatic N) is 2.